The molecule has 5 rings (SSSR count). The molecule has 0 radical (unpaired) electrons. The highest BCUT2D eigenvalue weighted by molar-refractivity contribution is 5.74. The van der Waals surface area contributed by atoms with Gasteiger partial charge < -0.3 is 35.8 Å². The molecule has 1 aliphatic heterocycles. The topological polar surface area (TPSA) is 131 Å². The molecule has 9 atom stereocenters. The molecule has 3 aliphatic carbocycles. The first-order valence-corrected chi connectivity index (χ1v) is 19.7. The van der Waals surface area contributed by atoms with E-state index in [1.807, 2.05) is 26.1 Å². The fraction of sp³-hybridized carbons (Fsp3) is 0.578. The van der Waals surface area contributed by atoms with Gasteiger partial charge in [-0.2, -0.15) is 0 Å². The summed E-state index contributed by atoms with van der Waals surface area (Å²) in [5.74, 6) is -0.706. The lowest BCUT2D eigenvalue weighted by atomic mass is 9.45. The van der Waals surface area contributed by atoms with E-state index >= 15 is 0 Å². The Balaban J connectivity index is 1.48. The number of aldehydes is 1. The average molecular weight is 729 g/mol. The molecule has 6 N–H and O–H groups in total. The largest absolute Gasteiger partial charge is 0.396 e. The molecule has 0 saturated heterocycles. The van der Waals surface area contributed by atoms with Gasteiger partial charge in [0.05, 0.1) is 18.3 Å². The molecule has 0 aromatic heterocycles. The third kappa shape index (κ3) is 8.97. The van der Waals surface area contributed by atoms with E-state index in [4.69, 9.17) is 4.74 Å². The van der Waals surface area contributed by atoms with Crippen LogP contribution in [0.5, 0.6) is 0 Å². The smallest absolute Gasteiger partial charge is 0.145 e. The van der Waals surface area contributed by atoms with Crippen LogP contribution in [0.1, 0.15) is 70.4 Å². The molecular weight excluding hydrogens is 665 g/mol. The standard InChI is InChI=1S/C45H64N2O6/c1-30-12-13-37(24-35-10-7-9-34(23-35)22-33(4)47-26-30)31(2)8-6-11-39(28-53-29-50)40-16-18-45(43(40)51)42-36(17-21-48)14-15-38(41(42)32(3)27-49)25-44(45,52)19-20-46-5/h6-12,14-15,23,27,33,36-38,40,42-43,46-48,50-52H,2,13,16-22,24-26,28-29H2,1,3-5H3. The van der Waals surface area contributed by atoms with Gasteiger partial charge in [0.2, 0.25) is 0 Å². The van der Waals surface area contributed by atoms with Gasteiger partial charge in [0.15, 0.2) is 0 Å². The van der Waals surface area contributed by atoms with Crippen LogP contribution >= 0.6 is 0 Å². The van der Waals surface area contributed by atoms with Crippen molar-refractivity contribution < 1.29 is 30.0 Å². The SMILES string of the molecule is C=C(C=CC=C(COCO)C1CCC2(C1O)C1C(=C(C)C=O)C(C=CC1CCO)CC2(O)CCNC)C1CC=C(C)CNC(C)Cc2cccc(c2)C1. The zero-order valence-corrected chi connectivity index (χ0v) is 32.4. The van der Waals surface area contributed by atoms with Crippen LogP contribution in [0.4, 0.5) is 0 Å². The molecule has 4 aliphatic rings. The molecule has 8 nitrogen and oxygen atoms in total. The third-order valence-corrected chi connectivity index (χ3v) is 12.9. The maximum Gasteiger partial charge on any atom is 0.145 e. The molecule has 53 heavy (non-hydrogen) atoms. The number of carbonyl (C=O) groups excluding carboxylic acids is 1. The summed E-state index contributed by atoms with van der Waals surface area (Å²) in [6, 6.07) is 9.26. The maximum atomic E-state index is 12.8. The van der Waals surface area contributed by atoms with Gasteiger partial charge in [-0.25, -0.2) is 0 Å². The second-order valence-electron chi connectivity index (χ2n) is 16.3. The average Bonchev–Trinajstić information content (AvgIpc) is 3.49. The van der Waals surface area contributed by atoms with Crippen LogP contribution < -0.4 is 10.6 Å². The lowest BCUT2D eigenvalue weighted by Gasteiger charge is -2.61. The first-order valence-electron chi connectivity index (χ1n) is 19.7. The number of ether oxygens (including phenoxy) is 1. The molecule has 2 saturated carbocycles. The second kappa shape index (κ2) is 18.6. The third-order valence-electron chi connectivity index (χ3n) is 12.9. The Morgan fingerprint density at radius 1 is 1.19 bits per heavy atom. The van der Waals surface area contributed by atoms with E-state index in [9.17, 15) is 25.2 Å². The quantitative estimate of drug-likeness (QED) is 0.0514. The van der Waals surface area contributed by atoms with Crippen LogP contribution in [0.25, 0.3) is 0 Å². The normalized spacial score (nSPS) is 34.5. The number of hydrogen-bond acceptors (Lipinski definition) is 8. The summed E-state index contributed by atoms with van der Waals surface area (Å²) in [4.78, 5) is 12.3. The van der Waals surface area contributed by atoms with Crippen molar-refractivity contribution in [3.63, 3.8) is 0 Å². The minimum atomic E-state index is -1.22. The lowest BCUT2D eigenvalue weighted by molar-refractivity contribution is -0.194. The van der Waals surface area contributed by atoms with Crippen molar-refractivity contribution in [1.82, 2.24) is 10.6 Å². The van der Waals surface area contributed by atoms with Gasteiger partial charge in [-0.1, -0.05) is 84.0 Å². The van der Waals surface area contributed by atoms with E-state index < -0.39 is 23.9 Å². The van der Waals surface area contributed by atoms with Crippen molar-refractivity contribution >= 4 is 6.29 Å². The second-order valence-corrected chi connectivity index (χ2v) is 16.3. The van der Waals surface area contributed by atoms with Gasteiger partial charge in [-0.15, -0.1) is 0 Å². The Morgan fingerprint density at radius 2 is 1.96 bits per heavy atom. The summed E-state index contributed by atoms with van der Waals surface area (Å²) < 4.78 is 5.60. The predicted octanol–water partition coefficient (Wildman–Crippen LogP) is 5.54. The zero-order valence-electron chi connectivity index (χ0n) is 32.4. The summed E-state index contributed by atoms with van der Waals surface area (Å²) >= 11 is 0. The predicted molar refractivity (Wildman–Crippen MR) is 212 cm³/mol. The summed E-state index contributed by atoms with van der Waals surface area (Å²) in [6.45, 7) is 11.9. The zero-order chi connectivity index (χ0) is 38.2. The van der Waals surface area contributed by atoms with E-state index in [-0.39, 0.29) is 42.8 Å². The minimum absolute atomic E-state index is 0.0316. The Morgan fingerprint density at radius 3 is 2.68 bits per heavy atom. The van der Waals surface area contributed by atoms with E-state index in [0.29, 0.717) is 50.3 Å². The van der Waals surface area contributed by atoms with E-state index in [0.717, 1.165) is 48.8 Å². The molecule has 9 unspecified atom stereocenters. The first-order chi connectivity index (χ1) is 25.5. The van der Waals surface area contributed by atoms with Crippen molar-refractivity contribution in [2.45, 2.75) is 89.9 Å². The van der Waals surface area contributed by atoms with Crippen molar-refractivity contribution in [2.24, 2.45) is 35.0 Å². The Kier molecular flexibility index (Phi) is 14.5. The summed E-state index contributed by atoms with van der Waals surface area (Å²) in [7, 11) is 1.87. The Bertz CT molecular complexity index is 1590. The summed E-state index contributed by atoms with van der Waals surface area (Å²) in [6.07, 6.45) is 17.8. The maximum absolute atomic E-state index is 12.8. The summed E-state index contributed by atoms with van der Waals surface area (Å²) in [5, 5.41) is 52.3. The monoisotopic (exact) mass is 728 g/mol. The van der Waals surface area contributed by atoms with Gasteiger partial charge in [0.25, 0.3) is 0 Å². The van der Waals surface area contributed by atoms with Crippen LogP contribution in [0.3, 0.4) is 0 Å². The number of nitrogens with one attached hydrogen (secondary N) is 2. The molecule has 2 fully saturated rings. The molecule has 0 amide bonds. The van der Waals surface area contributed by atoms with Gasteiger partial charge >= 0.3 is 0 Å². The van der Waals surface area contributed by atoms with E-state index in [2.05, 4.69) is 79.6 Å². The minimum Gasteiger partial charge on any atom is -0.396 e. The number of fused-ring (bicyclic) bond motifs is 5. The Hall–Kier alpha value is -2.95. The molecule has 4 bridgehead atoms. The number of aliphatic hydroxyl groups is 4. The van der Waals surface area contributed by atoms with Gasteiger partial charge in [0, 0.05) is 36.4 Å². The first kappa shape index (κ1) is 41.2. The molecule has 1 heterocycles. The van der Waals surface area contributed by atoms with Gasteiger partial charge in [-0.05, 0) is 126 Å². The molecule has 1 aromatic carbocycles. The van der Waals surface area contributed by atoms with Gasteiger partial charge in [0.1, 0.15) is 13.1 Å². The van der Waals surface area contributed by atoms with Crippen LogP contribution in [0.2, 0.25) is 0 Å². The number of carbonyl (C=O) groups is 1. The van der Waals surface area contributed by atoms with Crippen molar-refractivity contribution in [3.8, 4) is 0 Å². The number of hydrogen-bond donors (Lipinski definition) is 6. The Labute approximate surface area is 317 Å². The number of aliphatic hydroxyl groups excluding tert-OH is 3. The number of benzene rings is 1. The highest BCUT2D eigenvalue weighted by Gasteiger charge is 2.68. The van der Waals surface area contributed by atoms with Gasteiger partial charge in [-0.3, -0.25) is 4.79 Å². The summed E-state index contributed by atoms with van der Waals surface area (Å²) in [5.41, 5.74) is 5.25. The van der Waals surface area contributed by atoms with E-state index in [1.54, 1.807) is 0 Å². The van der Waals surface area contributed by atoms with Crippen molar-refractivity contribution in [3.05, 3.63) is 106 Å². The van der Waals surface area contributed by atoms with Crippen LogP contribution in [0, 0.1) is 35.0 Å². The highest BCUT2D eigenvalue weighted by atomic mass is 16.6. The van der Waals surface area contributed by atoms with E-state index in [1.165, 1.54) is 16.7 Å². The molecule has 1 aromatic rings. The molecular formula is C45H64N2O6. The highest BCUT2D eigenvalue weighted by Crippen LogP contribution is 2.67. The van der Waals surface area contributed by atoms with Crippen molar-refractivity contribution in [2.75, 3.05) is 40.1 Å². The molecule has 290 valence electrons. The van der Waals surface area contributed by atoms with Crippen molar-refractivity contribution in [1.29, 1.82) is 0 Å². The number of rotatable bonds is 13. The number of allylic oxidation sites excluding steroid dienone is 9. The molecule has 8 heteroatoms. The van der Waals surface area contributed by atoms with Crippen LogP contribution in [-0.4, -0.2) is 84.6 Å². The van der Waals surface area contributed by atoms with Crippen LogP contribution in [-0.2, 0) is 22.4 Å². The fourth-order valence-electron chi connectivity index (χ4n) is 10.2. The molecule has 1 spiro atoms. The lowest BCUT2D eigenvalue weighted by Crippen LogP contribution is -2.65. The van der Waals surface area contributed by atoms with Crippen LogP contribution in [0.15, 0.2) is 95.2 Å². The fourth-order valence-corrected chi connectivity index (χ4v) is 10.2.